The SMILES string of the molecule is CNc1cc(C(=O)NCc2ccc(Cl)c(Nc3nc4cc(C(=O)NC5CCCCC5)c(N5CC6CC6C5)cc4n3C)c2Cl)ccn1. The number of hydrogen-bond donors (Lipinski definition) is 4. The molecular formula is C34H38Cl2N8O2. The molecule has 0 spiro atoms. The predicted octanol–water partition coefficient (Wildman–Crippen LogP) is 6.51. The maximum Gasteiger partial charge on any atom is 0.253 e. The minimum Gasteiger partial charge on any atom is -0.373 e. The highest BCUT2D eigenvalue weighted by Gasteiger charge is 2.45. The van der Waals surface area contributed by atoms with Gasteiger partial charge in [0.05, 0.1) is 38.0 Å². The summed E-state index contributed by atoms with van der Waals surface area (Å²) in [7, 11) is 3.68. The number of fused-ring (bicyclic) bond motifs is 2. The van der Waals surface area contributed by atoms with Crippen molar-refractivity contribution < 1.29 is 9.59 Å². The first-order chi connectivity index (χ1) is 22.3. The van der Waals surface area contributed by atoms with E-state index >= 15 is 0 Å². The fourth-order valence-corrected chi connectivity index (χ4v) is 7.36. The van der Waals surface area contributed by atoms with Crippen molar-refractivity contribution in [2.24, 2.45) is 18.9 Å². The van der Waals surface area contributed by atoms with Gasteiger partial charge in [-0.2, -0.15) is 0 Å². The average molecular weight is 662 g/mol. The molecule has 240 valence electrons. The molecular weight excluding hydrogens is 623 g/mol. The molecule has 2 atom stereocenters. The van der Waals surface area contributed by atoms with Crippen LogP contribution in [0.2, 0.25) is 10.0 Å². The van der Waals surface area contributed by atoms with Gasteiger partial charge in [-0.25, -0.2) is 9.97 Å². The van der Waals surface area contributed by atoms with Crippen LogP contribution in [0.25, 0.3) is 11.0 Å². The van der Waals surface area contributed by atoms with E-state index in [2.05, 4.69) is 37.2 Å². The van der Waals surface area contributed by atoms with Crippen LogP contribution in [0.3, 0.4) is 0 Å². The van der Waals surface area contributed by atoms with Gasteiger partial charge in [-0.1, -0.05) is 48.5 Å². The van der Waals surface area contributed by atoms with Crippen molar-refractivity contribution in [3.05, 3.63) is 69.3 Å². The summed E-state index contributed by atoms with van der Waals surface area (Å²) in [6.45, 7) is 2.16. The van der Waals surface area contributed by atoms with Crippen LogP contribution in [-0.4, -0.2) is 52.5 Å². The zero-order chi connectivity index (χ0) is 31.9. The number of benzene rings is 2. The van der Waals surface area contributed by atoms with Gasteiger partial charge in [-0.3, -0.25) is 9.59 Å². The number of amides is 2. The molecule has 1 saturated heterocycles. The molecule has 4 aromatic rings. The number of hydrogen-bond acceptors (Lipinski definition) is 7. The molecule has 10 nitrogen and oxygen atoms in total. The lowest BCUT2D eigenvalue weighted by molar-refractivity contribution is 0.0925. The number of nitrogens with one attached hydrogen (secondary N) is 4. The molecule has 3 fully saturated rings. The molecule has 2 unspecified atom stereocenters. The molecule has 2 aromatic heterocycles. The van der Waals surface area contributed by atoms with Gasteiger partial charge in [0.2, 0.25) is 5.95 Å². The molecule has 2 aliphatic carbocycles. The first-order valence-electron chi connectivity index (χ1n) is 16.0. The fraction of sp³-hybridized carbons (Fsp3) is 0.412. The summed E-state index contributed by atoms with van der Waals surface area (Å²) < 4.78 is 1.96. The summed E-state index contributed by atoms with van der Waals surface area (Å²) >= 11 is 13.5. The highest BCUT2D eigenvalue weighted by atomic mass is 35.5. The molecule has 46 heavy (non-hydrogen) atoms. The van der Waals surface area contributed by atoms with Crippen molar-refractivity contribution in [2.45, 2.75) is 51.1 Å². The first-order valence-corrected chi connectivity index (χ1v) is 16.8. The average Bonchev–Trinajstić information content (AvgIpc) is 3.56. The Kier molecular flexibility index (Phi) is 8.42. The second-order valence-corrected chi connectivity index (χ2v) is 13.5. The summed E-state index contributed by atoms with van der Waals surface area (Å²) in [4.78, 5) is 37.9. The van der Waals surface area contributed by atoms with E-state index in [0.717, 1.165) is 61.8 Å². The molecule has 2 amide bonds. The van der Waals surface area contributed by atoms with Gasteiger partial charge in [-0.15, -0.1) is 0 Å². The molecule has 0 bridgehead atoms. The fourth-order valence-electron chi connectivity index (χ4n) is 6.83. The number of rotatable bonds is 9. The van der Waals surface area contributed by atoms with Crippen LogP contribution in [0.4, 0.5) is 23.1 Å². The Hall–Kier alpha value is -4.02. The van der Waals surface area contributed by atoms with Gasteiger partial charge in [-0.05, 0) is 67.0 Å². The van der Waals surface area contributed by atoms with Gasteiger partial charge >= 0.3 is 0 Å². The molecule has 4 N–H and O–H groups in total. The summed E-state index contributed by atoms with van der Waals surface area (Å²) in [5, 5.41) is 13.3. The van der Waals surface area contributed by atoms with E-state index in [0.29, 0.717) is 49.7 Å². The lowest BCUT2D eigenvalue weighted by Crippen LogP contribution is -2.37. The topological polar surface area (TPSA) is 116 Å². The maximum absolute atomic E-state index is 13.7. The van der Waals surface area contributed by atoms with E-state index in [-0.39, 0.29) is 24.4 Å². The minimum atomic E-state index is -0.246. The van der Waals surface area contributed by atoms with Gasteiger partial charge in [0.15, 0.2) is 0 Å². The number of piperidine rings is 1. The van der Waals surface area contributed by atoms with Crippen LogP contribution in [0.5, 0.6) is 0 Å². The highest BCUT2D eigenvalue weighted by molar-refractivity contribution is 6.39. The van der Waals surface area contributed by atoms with E-state index in [1.807, 2.05) is 17.7 Å². The van der Waals surface area contributed by atoms with Crippen molar-refractivity contribution in [3.8, 4) is 0 Å². The zero-order valence-electron chi connectivity index (χ0n) is 26.0. The Morgan fingerprint density at radius 1 is 1.00 bits per heavy atom. The first kappa shape index (κ1) is 30.6. The monoisotopic (exact) mass is 660 g/mol. The van der Waals surface area contributed by atoms with E-state index in [1.165, 1.54) is 12.8 Å². The Morgan fingerprint density at radius 3 is 2.54 bits per heavy atom. The summed E-state index contributed by atoms with van der Waals surface area (Å²) in [6, 6.07) is 11.1. The van der Waals surface area contributed by atoms with E-state index in [4.69, 9.17) is 28.2 Å². The Bertz CT molecular complexity index is 1810. The van der Waals surface area contributed by atoms with Gasteiger partial charge in [0.1, 0.15) is 5.82 Å². The lowest BCUT2D eigenvalue weighted by atomic mass is 9.95. The number of imidazole rings is 1. The molecule has 1 aliphatic heterocycles. The minimum absolute atomic E-state index is 0.0284. The van der Waals surface area contributed by atoms with E-state index < -0.39 is 0 Å². The number of aromatic nitrogens is 3. The van der Waals surface area contributed by atoms with Gasteiger partial charge in [0, 0.05) is 51.5 Å². The molecule has 12 heteroatoms. The number of nitrogens with zero attached hydrogens (tertiary/aromatic N) is 4. The summed E-state index contributed by atoms with van der Waals surface area (Å²) in [6.07, 6.45) is 8.47. The van der Waals surface area contributed by atoms with Gasteiger partial charge < -0.3 is 30.7 Å². The van der Waals surface area contributed by atoms with Crippen LogP contribution in [0, 0.1) is 11.8 Å². The Labute approximate surface area is 278 Å². The maximum atomic E-state index is 13.7. The molecule has 3 heterocycles. The van der Waals surface area contributed by atoms with E-state index in [1.54, 1.807) is 37.5 Å². The van der Waals surface area contributed by atoms with Crippen LogP contribution in [0.15, 0.2) is 42.6 Å². The number of halogens is 2. The normalized spacial score (nSPS) is 19.2. The van der Waals surface area contributed by atoms with Crippen LogP contribution < -0.4 is 26.2 Å². The number of carbonyl (C=O) groups excluding carboxylic acids is 2. The third-order valence-electron chi connectivity index (χ3n) is 9.63. The number of pyridine rings is 1. The Balaban J connectivity index is 1.15. The number of aryl methyl sites for hydroxylation is 1. The van der Waals surface area contributed by atoms with Crippen molar-refractivity contribution in [1.29, 1.82) is 0 Å². The second kappa shape index (κ2) is 12.6. The lowest BCUT2D eigenvalue weighted by Gasteiger charge is -2.26. The van der Waals surface area contributed by atoms with Crippen molar-refractivity contribution >= 4 is 69.2 Å². The molecule has 3 aliphatic rings. The van der Waals surface area contributed by atoms with Crippen molar-refractivity contribution in [3.63, 3.8) is 0 Å². The third kappa shape index (κ3) is 6.08. The Morgan fingerprint density at radius 2 is 1.78 bits per heavy atom. The van der Waals surface area contributed by atoms with Crippen LogP contribution >= 0.6 is 23.2 Å². The van der Waals surface area contributed by atoms with Gasteiger partial charge in [0.25, 0.3) is 11.8 Å². The van der Waals surface area contributed by atoms with Crippen LogP contribution in [0.1, 0.15) is 64.8 Å². The quantitative estimate of drug-likeness (QED) is 0.162. The molecule has 7 rings (SSSR count). The number of anilines is 4. The van der Waals surface area contributed by atoms with Crippen molar-refractivity contribution in [1.82, 2.24) is 25.2 Å². The molecule has 0 radical (unpaired) electrons. The summed E-state index contributed by atoms with van der Waals surface area (Å²) in [5.41, 5.74) is 4.92. The molecule has 2 saturated carbocycles. The third-order valence-corrected chi connectivity index (χ3v) is 10.4. The predicted molar refractivity (Wildman–Crippen MR) is 184 cm³/mol. The van der Waals surface area contributed by atoms with Crippen LogP contribution in [-0.2, 0) is 13.6 Å². The largest absolute Gasteiger partial charge is 0.373 e. The molecule has 2 aromatic carbocycles. The number of carbonyl (C=O) groups is 2. The smallest absolute Gasteiger partial charge is 0.253 e. The zero-order valence-corrected chi connectivity index (χ0v) is 27.5. The van der Waals surface area contributed by atoms with E-state index in [9.17, 15) is 9.59 Å². The standard InChI is InChI=1S/C34H38Cl2N8O2/c1-37-29-13-19(10-11-38-29)32(45)39-16-20-8-9-25(35)31(30(20)36)42-34-41-26-14-24(33(46)40-23-6-4-3-5-7-23)27(15-28(26)43(34)2)44-17-21-12-22(21)18-44/h8-11,13-15,21-23H,3-7,12,16-18H2,1-2H3,(H,37,38)(H,39,45)(H,40,46)(H,41,42). The second-order valence-electron chi connectivity index (χ2n) is 12.7. The van der Waals surface area contributed by atoms with Crippen molar-refractivity contribution in [2.75, 3.05) is 35.7 Å². The highest BCUT2D eigenvalue weighted by Crippen LogP contribution is 2.47. The summed E-state index contributed by atoms with van der Waals surface area (Å²) in [5.74, 6) is 2.32.